The van der Waals surface area contributed by atoms with E-state index in [4.69, 9.17) is 9.47 Å². The van der Waals surface area contributed by atoms with Gasteiger partial charge >= 0.3 is 0 Å². The molecule has 0 saturated heterocycles. The van der Waals surface area contributed by atoms with Gasteiger partial charge in [-0.15, -0.1) is 0 Å². The fourth-order valence-electron chi connectivity index (χ4n) is 4.18. The highest BCUT2D eigenvalue weighted by Gasteiger charge is 2.38. The number of carbonyl (C=O) groups is 1. The number of hydrogen-bond donors (Lipinski definition) is 1. The van der Waals surface area contributed by atoms with Crippen LogP contribution in [0.2, 0.25) is 0 Å². The Morgan fingerprint density at radius 2 is 1.63 bits per heavy atom. The molecule has 0 fully saturated rings. The maximum atomic E-state index is 13.7. The molecule has 1 atom stereocenters. The van der Waals surface area contributed by atoms with Crippen molar-refractivity contribution < 1.29 is 31.1 Å². The van der Waals surface area contributed by atoms with Gasteiger partial charge in [-0.25, -0.2) is 21.1 Å². The van der Waals surface area contributed by atoms with Gasteiger partial charge in [0.05, 0.1) is 28.6 Å². The Hall–Kier alpha value is -3.61. The normalized spacial score (nSPS) is 15.7. The van der Waals surface area contributed by atoms with E-state index in [0.717, 1.165) is 9.87 Å². The molecule has 0 radical (unpaired) electrons. The van der Waals surface area contributed by atoms with Crippen molar-refractivity contribution >= 4 is 31.6 Å². The van der Waals surface area contributed by atoms with Gasteiger partial charge in [0.15, 0.2) is 6.10 Å². The van der Waals surface area contributed by atoms with Crippen LogP contribution in [0.3, 0.4) is 0 Å². The number of anilines is 1. The molecule has 0 spiro atoms. The molecule has 0 aromatic heterocycles. The summed E-state index contributed by atoms with van der Waals surface area (Å²) in [5.74, 6) is 0.252. The number of rotatable bonds is 9. The number of nitrogens with zero attached hydrogens (tertiary/aromatic N) is 2. The molecule has 1 aliphatic rings. The van der Waals surface area contributed by atoms with E-state index in [1.807, 2.05) is 26.8 Å². The first kappa shape index (κ1) is 30.4. The molecule has 12 heteroatoms. The Balaban J connectivity index is 1.46. The molecule has 1 amide bonds. The summed E-state index contributed by atoms with van der Waals surface area (Å²) in [6, 6.07) is 19.4. The van der Waals surface area contributed by atoms with Gasteiger partial charge in [-0.3, -0.25) is 9.10 Å². The number of nitrogens with one attached hydrogen (secondary N) is 1. The van der Waals surface area contributed by atoms with Crippen LogP contribution in [0, 0.1) is 0 Å². The maximum Gasteiger partial charge on any atom is 0.264 e. The standard InChI is InChI=1S/C29H35N3O7S2/c1-29(2,3)21-11-16-26-25(19-21)32(41(36,37)23-9-7-6-8-10-23)20-27(39-26)28(33)30-17-18-38-22-12-14-24(15-13-22)40(34,35)31(4)5/h6-16,19,27H,17-18,20H2,1-5H3,(H,30,33)/t27-/m0/s1. The summed E-state index contributed by atoms with van der Waals surface area (Å²) in [5, 5.41) is 2.74. The summed E-state index contributed by atoms with van der Waals surface area (Å²) >= 11 is 0. The molecule has 0 saturated carbocycles. The second-order valence-electron chi connectivity index (χ2n) is 10.8. The third-order valence-corrected chi connectivity index (χ3v) is 10.2. The number of carbonyl (C=O) groups excluding carboxylic acids is 1. The smallest absolute Gasteiger partial charge is 0.264 e. The molecule has 1 N–H and O–H groups in total. The van der Waals surface area contributed by atoms with Crippen molar-refractivity contribution in [2.75, 3.05) is 38.1 Å². The summed E-state index contributed by atoms with van der Waals surface area (Å²) in [6.07, 6.45) is -1.09. The minimum atomic E-state index is -3.98. The summed E-state index contributed by atoms with van der Waals surface area (Å²) in [7, 11) is -4.62. The van der Waals surface area contributed by atoms with Crippen molar-refractivity contribution in [1.82, 2.24) is 9.62 Å². The van der Waals surface area contributed by atoms with Crippen molar-refractivity contribution in [1.29, 1.82) is 0 Å². The number of amides is 1. The zero-order chi connectivity index (χ0) is 30.0. The number of hydrogen-bond acceptors (Lipinski definition) is 7. The molecule has 0 bridgehead atoms. The topological polar surface area (TPSA) is 122 Å². The first-order valence-electron chi connectivity index (χ1n) is 13.0. The van der Waals surface area contributed by atoms with E-state index in [1.165, 1.54) is 54.8 Å². The second kappa shape index (κ2) is 11.7. The van der Waals surface area contributed by atoms with Gasteiger partial charge in [-0.05, 0) is 59.5 Å². The molecule has 1 heterocycles. The van der Waals surface area contributed by atoms with Gasteiger partial charge in [0.1, 0.15) is 18.1 Å². The Kier molecular flexibility index (Phi) is 8.67. The van der Waals surface area contributed by atoms with E-state index in [0.29, 0.717) is 17.2 Å². The van der Waals surface area contributed by atoms with E-state index < -0.39 is 32.1 Å². The van der Waals surface area contributed by atoms with Crippen LogP contribution in [0.4, 0.5) is 5.69 Å². The van der Waals surface area contributed by atoms with Crippen molar-refractivity contribution in [2.24, 2.45) is 0 Å². The number of sulfonamides is 2. The van der Waals surface area contributed by atoms with Crippen LogP contribution in [-0.4, -0.2) is 66.9 Å². The van der Waals surface area contributed by atoms with Crippen LogP contribution < -0.4 is 19.1 Å². The predicted octanol–water partition coefficient (Wildman–Crippen LogP) is 3.39. The molecule has 41 heavy (non-hydrogen) atoms. The highest BCUT2D eigenvalue weighted by Crippen LogP contribution is 2.40. The first-order valence-corrected chi connectivity index (χ1v) is 15.9. The summed E-state index contributed by atoms with van der Waals surface area (Å²) in [5.41, 5.74) is 1.08. The number of ether oxygens (including phenoxy) is 2. The lowest BCUT2D eigenvalue weighted by Gasteiger charge is -2.36. The van der Waals surface area contributed by atoms with Crippen LogP contribution in [0.25, 0.3) is 0 Å². The Morgan fingerprint density at radius 3 is 2.24 bits per heavy atom. The average molecular weight is 602 g/mol. The predicted molar refractivity (Wildman–Crippen MR) is 156 cm³/mol. The second-order valence-corrected chi connectivity index (χ2v) is 14.8. The molecule has 3 aromatic carbocycles. The Labute approximate surface area is 242 Å². The lowest BCUT2D eigenvalue weighted by Crippen LogP contribution is -2.51. The van der Waals surface area contributed by atoms with Crippen LogP contribution in [0.5, 0.6) is 11.5 Å². The number of benzene rings is 3. The average Bonchev–Trinajstić information content (AvgIpc) is 2.94. The van der Waals surface area contributed by atoms with Gasteiger partial charge in [0.2, 0.25) is 10.0 Å². The van der Waals surface area contributed by atoms with Crippen molar-refractivity contribution in [3.8, 4) is 11.5 Å². The summed E-state index contributed by atoms with van der Waals surface area (Å²) in [4.78, 5) is 13.3. The summed E-state index contributed by atoms with van der Waals surface area (Å²) < 4.78 is 65.8. The zero-order valence-electron chi connectivity index (χ0n) is 23.7. The van der Waals surface area contributed by atoms with Crippen LogP contribution in [0.15, 0.2) is 82.6 Å². The van der Waals surface area contributed by atoms with E-state index in [2.05, 4.69) is 5.32 Å². The molecular formula is C29H35N3O7S2. The van der Waals surface area contributed by atoms with Gasteiger partial charge in [-0.2, -0.15) is 0 Å². The SMILES string of the molecule is CN(C)S(=O)(=O)c1ccc(OCCNC(=O)[C@@H]2CN(S(=O)(=O)c3ccccc3)c3cc(C(C)(C)C)ccc3O2)cc1. The van der Waals surface area contributed by atoms with Gasteiger partial charge in [-0.1, -0.05) is 45.0 Å². The molecule has 4 rings (SSSR count). The van der Waals surface area contributed by atoms with Gasteiger partial charge in [0.25, 0.3) is 15.9 Å². The largest absolute Gasteiger partial charge is 0.492 e. The highest BCUT2D eigenvalue weighted by atomic mass is 32.2. The van der Waals surface area contributed by atoms with E-state index in [-0.39, 0.29) is 34.9 Å². The molecule has 0 aliphatic carbocycles. The lowest BCUT2D eigenvalue weighted by atomic mass is 9.86. The molecule has 10 nitrogen and oxygen atoms in total. The Morgan fingerprint density at radius 1 is 0.976 bits per heavy atom. The molecular weight excluding hydrogens is 566 g/mol. The van der Waals surface area contributed by atoms with Crippen LogP contribution in [0.1, 0.15) is 26.3 Å². The maximum absolute atomic E-state index is 13.7. The fraction of sp³-hybridized carbons (Fsp3) is 0.345. The zero-order valence-corrected chi connectivity index (χ0v) is 25.3. The Bertz CT molecular complexity index is 1600. The van der Waals surface area contributed by atoms with Crippen molar-refractivity contribution in [3.63, 3.8) is 0 Å². The van der Waals surface area contributed by atoms with Crippen LogP contribution >= 0.6 is 0 Å². The van der Waals surface area contributed by atoms with Crippen LogP contribution in [-0.2, 0) is 30.3 Å². The molecule has 0 unspecified atom stereocenters. The first-order chi connectivity index (χ1) is 19.2. The highest BCUT2D eigenvalue weighted by molar-refractivity contribution is 7.92. The minimum absolute atomic E-state index is 0.107. The molecule has 1 aliphatic heterocycles. The lowest BCUT2D eigenvalue weighted by molar-refractivity contribution is -0.127. The third kappa shape index (κ3) is 6.66. The van der Waals surface area contributed by atoms with E-state index >= 15 is 0 Å². The molecule has 3 aromatic rings. The molecule has 220 valence electrons. The van der Waals surface area contributed by atoms with E-state index in [1.54, 1.807) is 30.3 Å². The quantitative estimate of drug-likeness (QED) is 0.373. The third-order valence-electron chi connectivity index (χ3n) is 6.59. The van der Waals surface area contributed by atoms with Crippen molar-refractivity contribution in [2.45, 2.75) is 42.1 Å². The van der Waals surface area contributed by atoms with Gasteiger partial charge < -0.3 is 14.8 Å². The minimum Gasteiger partial charge on any atom is -0.492 e. The van der Waals surface area contributed by atoms with E-state index in [9.17, 15) is 21.6 Å². The van der Waals surface area contributed by atoms with Gasteiger partial charge in [0, 0.05) is 14.1 Å². The monoisotopic (exact) mass is 601 g/mol. The van der Waals surface area contributed by atoms with Crippen molar-refractivity contribution in [3.05, 3.63) is 78.4 Å². The fourth-order valence-corrected chi connectivity index (χ4v) is 6.57. The number of fused-ring (bicyclic) bond motifs is 1. The summed E-state index contributed by atoms with van der Waals surface area (Å²) in [6.45, 7) is 6.13.